The van der Waals surface area contributed by atoms with E-state index in [4.69, 9.17) is 4.74 Å². The molecule has 0 aliphatic rings. The van der Waals surface area contributed by atoms with E-state index in [1.165, 1.54) is 4.68 Å². The molecule has 12 heavy (non-hydrogen) atoms. The van der Waals surface area contributed by atoms with Crippen LogP contribution in [0.1, 0.15) is 6.92 Å². The lowest BCUT2D eigenvalue weighted by molar-refractivity contribution is -0.144. The van der Waals surface area contributed by atoms with Gasteiger partial charge >= 0.3 is 5.97 Å². The molecule has 1 aromatic rings. The standard InChI is InChI=1S/C7H9BrN2O2/c1-2-12-7(11)5-10-4-3-6(8)9-10/h3-4H,2,5H2,1H3. The summed E-state index contributed by atoms with van der Waals surface area (Å²) in [5.41, 5.74) is 0. The van der Waals surface area contributed by atoms with E-state index < -0.39 is 0 Å². The average Bonchev–Trinajstić information content (AvgIpc) is 2.36. The van der Waals surface area contributed by atoms with Crippen molar-refractivity contribution in [3.05, 3.63) is 16.9 Å². The summed E-state index contributed by atoms with van der Waals surface area (Å²) in [6.07, 6.45) is 1.71. The molecule has 1 heterocycles. The molecule has 0 atom stereocenters. The maximum atomic E-state index is 10.9. The van der Waals surface area contributed by atoms with E-state index in [0.29, 0.717) is 11.2 Å². The van der Waals surface area contributed by atoms with Crippen LogP contribution in [0.25, 0.3) is 0 Å². The minimum Gasteiger partial charge on any atom is -0.465 e. The number of hydrogen-bond donors (Lipinski definition) is 0. The fraction of sp³-hybridized carbons (Fsp3) is 0.429. The molecule has 0 saturated heterocycles. The maximum Gasteiger partial charge on any atom is 0.327 e. The SMILES string of the molecule is CCOC(=O)Cn1ccc(Br)n1. The molecule has 66 valence electrons. The Balaban J connectivity index is 2.46. The van der Waals surface area contributed by atoms with Crippen molar-refractivity contribution in [1.82, 2.24) is 9.78 Å². The van der Waals surface area contributed by atoms with Crippen LogP contribution in [0.5, 0.6) is 0 Å². The van der Waals surface area contributed by atoms with E-state index in [1.807, 2.05) is 0 Å². The minimum atomic E-state index is -0.270. The molecular weight excluding hydrogens is 224 g/mol. The molecule has 4 nitrogen and oxygen atoms in total. The summed E-state index contributed by atoms with van der Waals surface area (Å²) in [4.78, 5) is 10.9. The van der Waals surface area contributed by atoms with Gasteiger partial charge in [-0.05, 0) is 28.9 Å². The number of ether oxygens (including phenoxy) is 1. The first-order chi connectivity index (χ1) is 5.72. The quantitative estimate of drug-likeness (QED) is 0.737. The van der Waals surface area contributed by atoms with Crippen molar-refractivity contribution in [3.8, 4) is 0 Å². The fourth-order valence-corrected chi connectivity index (χ4v) is 1.09. The minimum absolute atomic E-state index is 0.166. The predicted octanol–water partition coefficient (Wildman–Crippen LogP) is 1.21. The number of nitrogens with zero attached hydrogens (tertiary/aromatic N) is 2. The highest BCUT2D eigenvalue weighted by molar-refractivity contribution is 9.10. The normalized spacial score (nSPS) is 9.83. The molecule has 0 aromatic carbocycles. The lowest BCUT2D eigenvalue weighted by Gasteiger charge is -2.00. The topological polar surface area (TPSA) is 44.1 Å². The Bertz CT molecular complexity index is 272. The van der Waals surface area contributed by atoms with Crippen molar-refractivity contribution in [2.24, 2.45) is 0 Å². The van der Waals surface area contributed by atoms with Gasteiger partial charge in [-0.25, -0.2) is 0 Å². The van der Waals surface area contributed by atoms with Crippen molar-refractivity contribution >= 4 is 21.9 Å². The molecule has 0 amide bonds. The van der Waals surface area contributed by atoms with Gasteiger partial charge in [-0.15, -0.1) is 0 Å². The second kappa shape index (κ2) is 4.25. The first kappa shape index (κ1) is 9.25. The zero-order valence-corrected chi connectivity index (χ0v) is 8.24. The van der Waals surface area contributed by atoms with Crippen LogP contribution in [0.15, 0.2) is 16.9 Å². The molecule has 0 saturated carbocycles. The van der Waals surface area contributed by atoms with E-state index in [-0.39, 0.29) is 12.5 Å². The smallest absolute Gasteiger partial charge is 0.327 e. The molecule has 0 aliphatic carbocycles. The molecule has 0 spiro atoms. The summed E-state index contributed by atoms with van der Waals surface area (Å²) in [6, 6.07) is 1.76. The van der Waals surface area contributed by atoms with Gasteiger partial charge in [0.25, 0.3) is 0 Å². The number of rotatable bonds is 3. The van der Waals surface area contributed by atoms with Gasteiger partial charge in [0.1, 0.15) is 11.1 Å². The van der Waals surface area contributed by atoms with E-state index in [0.717, 1.165) is 0 Å². The highest BCUT2D eigenvalue weighted by Gasteiger charge is 2.03. The number of aromatic nitrogens is 2. The second-order valence-electron chi connectivity index (χ2n) is 2.14. The molecule has 5 heteroatoms. The van der Waals surface area contributed by atoms with E-state index in [2.05, 4.69) is 21.0 Å². The van der Waals surface area contributed by atoms with E-state index >= 15 is 0 Å². The van der Waals surface area contributed by atoms with Gasteiger partial charge in [0.05, 0.1) is 6.61 Å². The molecule has 0 unspecified atom stereocenters. The van der Waals surface area contributed by atoms with Gasteiger partial charge < -0.3 is 4.74 Å². The van der Waals surface area contributed by atoms with Gasteiger partial charge in [-0.3, -0.25) is 9.48 Å². The van der Waals surface area contributed by atoms with Crippen molar-refractivity contribution in [2.45, 2.75) is 13.5 Å². The summed E-state index contributed by atoms with van der Waals surface area (Å²) < 4.78 is 6.97. The third-order valence-electron chi connectivity index (χ3n) is 1.20. The average molecular weight is 233 g/mol. The van der Waals surface area contributed by atoms with Gasteiger partial charge in [0.15, 0.2) is 0 Å². The van der Waals surface area contributed by atoms with Crippen molar-refractivity contribution in [2.75, 3.05) is 6.61 Å². The third-order valence-corrected chi connectivity index (χ3v) is 1.63. The third kappa shape index (κ3) is 2.65. The van der Waals surface area contributed by atoms with Crippen LogP contribution in [0.3, 0.4) is 0 Å². The van der Waals surface area contributed by atoms with Gasteiger partial charge in [0.2, 0.25) is 0 Å². The van der Waals surface area contributed by atoms with Crippen molar-refractivity contribution in [3.63, 3.8) is 0 Å². The summed E-state index contributed by atoms with van der Waals surface area (Å²) in [5.74, 6) is -0.270. The molecular formula is C7H9BrN2O2. The van der Waals surface area contributed by atoms with Crippen LogP contribution in [0.4, 0.5) is 0 Å². The van der Waals surface area contributed by atoms with Crippen LogP contribution in [0.2, 0.25) is 0 Å². The Morgan fingerprint density at radius 2 is 2.58 bits per heavy atom. The zero-order valence-electron chi connectivity index (χ0n) is 6.66. The highest BCUT2D eigenvalue weighted by Crippen LogP contribution is 2.03. The molecule has 1 rings (SSSR count). The molecule has 0 aliphatic heterocycles. The highest BCUT2D eigenvalue weighted by atomic mass is 79.9. The van der Waals surface area contributed by atoms with Gasteiger partial charge in [-0.2, -0.15) is 5.10 Å². The Labute approximate surface area is 78.6 Å². The Hall–Kier alpha value is -0.840. The fourth-order valence-electron chi connectivity index (χ4n) is 0.764. The second-order valence-corrected chi connectivity index (χ2v) is 2.95. The summed E-state index contributed by atoms with van der Waals surface area (Å²) >= 11 is 3.18. The molecule has 1 aromatic heterocycles. The number of carbonyl (C=O) groups is 1. The largest absolute Gasteiger partial charge is 0.465 e. The number of halogens is 1. The summed E-state index contributed by atoms with van der Waals surface area (Å²) in [5, 5.41) is 3.97. The van der Waals surface area contributed by atoms with Crippen LogP contribution in [-0.4, -0.2) is 22.4 Å². The first-order valence-electron chi connectivity index (χ1n) is 3.57. The predicted molar refractivity (Wildman–Crippen MR) is 46.6 cm³/mol. The summed E-state index contributed by atoms with van der Waals surface area (Å²) in [6.45, 7) is 2.34. The van der Waals surface area contributed by atoms with Gasteiger partial charge in [-0.1, -0.05) is 0 Å². The zero-order chi connectivity index (χ0) is 8.97. The Morgan fingerprint density at radius 1 is 1.83 bits per heavy atom. The number of carbonyl (C=O) groups excluding carboxylic acids is 1. The summed E-state index contributed by atoms with van der Waals surface area (Å²) in [7, 11) is 0. The van der Waals surface area contributed by atoms with Crippen LogP contribution >= 0.6 is 15.9 Å². The number of esters is 1. The number of hydrogen-bond acceptors (Lipinski definition) is 3. The van der Waals surface area contributed by atoms with Crippen LogP contribution in [-0.2, 0) is 16.1 Å². The van der Waals surface area contributed by atoms with Crippen molar-refractivity contribution < 1.29 is 9.53 Å². The lowest BCUT2D eigenvalue weighted by Crippen LogP contribution is -2.13. The first-order valence-corrected chi connectivity index (χ1v) is 4.36. The van der Waals surface area contributed by atoms with Crippen molar-refractivity contribution in [1.29, 1.82) is 0 Å². The molecule has 0 fully saturated rings. The monoisotopic (exact) mass is 232 g/mol. The molecule has 0 radical (unpaired) electrons. The molecule has 0 N–H and O–H groups in total. The molecule has 0 bridgehead atoms. The van der Waals surface area contributed by atoms with Gasteiger partial charge in [0, 0.05) is 6.20 Å². The Kier molecular flexibility index (Phi) is 3.28. The van der Waals surface area contributed by atoms with E-state index in [1.54, 1.807) is 19.2 Å². The van der Waals surface area contributed by atoms with Crippen LogP contribution < -0.4 is 0 Å². The lowest BCUT2D eigenvalue weighted by atomic mass is 10.6. The van der Waals surface area contributed by atoms with Crippen LogP contribution in [0, 0.1) is 0 Å². The maximum absolute atomic E-state index is 10.9. The Morgan fingerprint density at radius 3 is 3.08 bits per heavy atom. The van der Waals surface area contributed by atoms with E-state index in [9.17, 15) is 4.79 Å².